The van der Waals surface area contributed by atoms with Crippen molar-refractivity contribution in [2.24, 2.45) is 5.73 Å². The number of hydrogen-bond donors (Lipinski definition) is 3. The maximum Gasteiger partial charge on any atom is 0.123 e. The number of nitrogens with two attached hydrogens (primary N) is 1. The summed E-state index contributed by atoms with van der Waals surface area (Å²) in [5, 5.41) is 18.0. The molecule has 5 nitrogen and oxygen atoms in total. The first kappa shape index (κ1) is 16.1. The van der Waals surface area contributed by atoms with Crippen molar-refractivity contribution in [3.8, 4) is 11.5 Å². The second-order valence-electron chi connectivity index (χ2n) is 4.09. The van der Waals surface area contributed by atoms with E-state index in [0.717, 1.165) is 17.1 Å². The maximum atomic E-state index is 9.27. The van der Waals surface area contributed by atoms with Crippen LogP contribution in [0.2, 0.25) is 0 Å². The van der Waals surface area contributed by atoms with Crippen LogP contribution in [-0.2, 0) is 0 Å². The molecule has 0 amide bonds. The third-order valence-electron chi connectivity index (χ3n) is 2.65. The van der Waals surface area contributed by atoms with Crippen molar-refractivity contribution < 1.29 is 19.7 Å². The summed E-state index contributed by atoms with van der Waals surface area (Å²) in [7, 11) is 3.20. The van der Waals surface area contributed by atoms with E-state index < -0.39 is 6.10 Å². The van der Waals surface area contributed by atoms with Crippen molar-refractivity contribution in [2.45, 2.75) is 12.1 Å². The zero-order valence-corrected chi connectivity index (χ0v) is 12.0. The lowest BCUT2D eigenvalue weighted by Crippen LogP contribution is -2.19. The minimum absolute atomic E-state index is 0.221. The van der Waals surface area contributed by atoms with Gasteiger partial charge in [0.2, 0.25) is 0 Å². The van der Waals surface area contributed by atoms with Crippen molar-refractivity contribution in [1.29, 1.82) is 0 Å². The van der Waals surface area contributed by atoms with Crippen LogP contribution in [0, 0.1) is 0 Å². The highest BCUT2D eigenvalue weighted by atomic mass is 32.2. The molecule has 0 aliphatic heterocycles. The van der Waals surface area contributed by atoms with Gasteiger partial charge in [0.05, 0.1) is 26.9 Å². The SMILES string of the molecule is COc1ccc(OC)c(C(N)CSCC(O)CO)c1. The van der Waals surface area contributed by atoms with E-state index in [0.29, 0.717) is 11.5 Å². The largest absolute Gasteiger partial charge is 0.497 e. The molecule has 0 saturated heterocycles. The standard InChI is InChI=1S/C13H21NO4S/c1-17-10-3-4-13(18-2)11(5-10)12(14)8-19-7-9(16)6-15/h3-5,9,12,15-16H,6-8,14H2,1-2H3. The van der Waals surface area contributed by atoms with E-state index in [9.17, 15) is 5.11 Å². The number of benzene rings is 1. The number of rotatable bonds is 8. The summed E-state index contributed by atoms with van der Waals surface area (Å²) in [4.78, 5) is 0. The molecule has 0 bridgehead atoms. The molecule has 0 spiro atoms. The molecule has 2 unspecified atom stereocenters. The Morgan fingerprint density at radius 3 is 2.58 bits per heavy atom. The molecule has 0 aliphatic carbocycles. The van der Waals surface area contributed by atoms with Crippen molar-refractivity contribution >= 4 is 11.8 Å². The lowest BCUT2D eigenvalue weighted by Gasteiger charge is -2.17. The highest BCUT2D eigenvalue weighted by Crippen LogP contribution is 2.29. The van der Waals surface area contributed by atoms with E-state index in [1.807, 2.05) is 18.2 Å². The Bertz CT molecular complexity index is 389. The molecule has 1 rings (SSSR count). The number of aliphatic hydroxyl groups excluding tert-OH is 2. The smallest absolute Gasteiger partial charge is 0.123 e. The Kier molecular flexibility index (Phi) is 7.01. The van der Waals surface area contributed by atoms with Gasteiger partial charge in [0.15, 0.2) is 0 Å². The third-order valence-corrected chi connectivity index (χ3v) is 3.87. The fourth-order valence-corrected chi connectivity index (χ4v) is 2.55. The average Bonchev–Trinajstić information content (AvgIpc) is 2.45. The number of methoxy groups -OCH3 is 2. The minimum atomic E-state index is -0.704. The van der Waals surface area contributed by atoms with Crippen LogP contribution in [0.5, 0.6) is 11.5 Å². The number of thioether (sulfide) groups is 1. The second-order valence-corrected chi connectivity index (χ2v) is 5.16. The predicted molar refractivity (Wildman–Crippen MR) is 76.9 cm³/mol. The molecule has 0 aromatic heterocycles. The van der Waals surface area contributed by atoms with Gasteiger partial charge in [0, 0.05) is 23.1 Å². The summed E-state index contributed by atoms with van der Waals surface area (Å²) >= 11 is 1.49. The Labute approximate surface area is 117 Å². The van der Waals surface area contributed by atoms with Crippen molar-refractivity contribution in [3.63, 3.8) is 0 Å². The van der Waals surface area contributed by atoms with Gasteiger partial charge in [0.25, 0.3) is 0 Å². The van der Waals surface area contributed by atoms with Gasteiger partial charge in [-0.15, -0.1) is 0 Å². The van der Waals surface area contributed by atoms with Gasteiger partial charge in [-0.05, 0) is 18.2 Å². The van der Waals surface area contributed by atoms with E-state index in [1.165, 1.54) is 11.8 Å². The lowest BCUT2D eigenvalue weighted by atomic mass is 10.1. The maximum absolute atomic E-state index is 9.27. The summed E-state index contributed by atoms with van der Waals surface area (Å²) < 4.78 is 10.5. The highest BCUT2D eigenvalue weighted by Gasteiger charge is 2.14. The molecule has 0 saturated carbocycles. The normalized spacial score (nSPS) is 13.9. The molecule has 19 heavy (non-hydrogen) atoms. The van der Waals surface area contributed by atoms with Crippen LogP contribution in [0.25, 0.3) is 0 Å². The van der Waals surface area contributed by atoms with Gasteiger partial charge in [0.1, 0.15) is 11.5 Å². The molecule has 0 radical (unpaired) electrons. The zero-order valence-electron chi connectivity index (χ0n) is 11.2. The molecule has 2 atom stereocenters. The van der Waals surface area contributed by atoms with Gasteiger partial charge in [-0.2, -0.15) is 11.8 Å². The molecule has 6 heteroatoms. The molecular weight excluding hydrogens is 266 g/mol. The third kappa shape index (κ3) is 4.91. The Morgan fingerprint density at radius 2 is 2.00 bits per heavy atom. The van der Waals surface area contributed by atoms with Crippen LogP contribution in [0.15, 0.2) is 18.2 Å². The van der Waals surface area contributed by atoms with E-state index in [4.69, 9.17) is 20.3 Å². The van der Waals surface area contributed by atoms with E-state index >= 15 is 0 Å². The van der Waals surface area contributed by atoms with Gasteiger partial charge in [-0.1, -0.05) is 0 Å². The molecule has 1 aromatic rings. The predicted octanol–water partition coefficient (Wildman–Crippen LogP) is 0.790. The first-order chi connectivity index (χ1) is 9.12. The first-order valence-electron chi connectivity index (χ1n) is 5.96. The monoisotopic (exact) mass is 287 g/mol. The minimum Gasteiger partial charge on any atom is -0.497 e. The zero-order chi connectivity index (χ0) is 14.3. The first-order valence-corrected chi connectivity index (χ1v) is 7.12. The van der Waals surface area contributed by atoms with Crippen LogP contribution in [0.3, 0.4) is 0 Å². The van der Waals surface area contributed by atoms with E-state index in [1.54, 1.807) is 14.2 Å². The molecule has 108 valence electrons. The molecule has 0 fully saturated rings. The summed E-state index contributed by atoms with van der Waals surface area (Å²) in [6.45, 7) is -0.231. The molecule has 0 heterocycles. The van der Waals surface area contributed by atoms with Crippen molar-refractivity contribution in [2.75, 3.05) is 32.3 Å². The van der Waals surface area contributed by atoms with Crippen molar-refractivity contribution in [3.05, 3.63) is 23.8 Å². The lowest BCUT2D eigenvalue weighted by molar-refractivity contribution is 0.113. The molecule has 0 aliphatic rings. The second kappa shape index (κ2) is 8.27. The van der Waals surface area contributed by atoms with Gasteiger partial charge in [-0.25, -0.2) is 0 Å². The fraction of sp³-hybridized carbons (Fsp3) is 0.538. The quantitative estimate of drug-likeness (QED) is 0.655. The molecular formula is C13H21NO4S. The average molecular weight is 287 g/mol. The Hall–Kier alpha value is -0.950. The van der Waals surface area contributed by atoms with E-state index in [2.05, 4.69) is 0 Å². The Morgan fingerprint density at radius 1 is 1.26 bits per heavy atom. The Balaban J connectivity index is 2.66. The van der Waals surface area contributed by atoms with Crippen LogP contribution in [0.4, 0.5) is 0 Å². The van der Waals surface area contributed by atoms with Crippen molar-refractivity contribution in [1.82, 2.24) is 0 Å². The van der Waals surface area contributed by atoms with Crippen LogP contribution >= 0.6 is 11.8 Å². The summed E-state index contributed by atoms with van der Waals surface area (Å²) in [6, 6.07) is 5.27. The van der Waals surface area contributed by atoms with Crippen LogP contribution < -0.4 is 15.2 Å². The molecule has 1 aromatic carbocycles. The highest BCUT2D eigenvalue weighted by molar-refractivity contribution is 7.99. The van der Waals surface area contributed by atoms with Gasteiger partial charge < -0.3 is 25.4 Å². The topological polar surface area (TPSA) is 84.9 Å². The number of ether oxygens (including phenoxy) is 2. The summed E-state index contributed by atoms with van der Waals surface area (Å²) in [5.74, 6) is 2.53. The summed E-state index contributed by atoms with van der Waals surface area (Å²) in [6.07, 6.45) is -0.704. The van der Waals surface area contributed by atoms with E-state index in [-0.39, 0.29) is 12.6 Å². The number of aliphatic hydroxyl groups is 2. The number of hydrogen-bond acceptors (Lipinski definition) is 6. The van der Waals surface area contributed by atoms with Gasteiger partial charge in [-0.3, -0.25) is 0 Å². The summed E-state index contributed by atoms with van der Waals surface area (Å²) in [5.41, 5.74) is 6.99. The van der Waals surface area contributed by atoms with Crippen LogP contribution in [-0.4, -0.2) is 48.6 Å². The molecule has 4 N–H and O–H groups in total. The fourth-order valence-electron chi connectivity index (χ4n) is 1.60. The van der Waals surface area contributed by atoms with Gasteiger partial charge >= 0.3 is 0 Å². The van der Waals surface area contributed by atoms with Crippen LogP contribution in [0.1, 0.15) is 11.6 Å².